The zero-order valence-electron chi connectivity index (χ0n) is 8.54. The maximum Gasteiger partial charge on any atom is 0.377 e. The number of carboxylic acid groups (broad SMARTS) is 1. The van der Waals surface area contributed by atoms with Crippen LogP contribution in [0.15, 0.2) is 10.8 Å². The van der Waals surface area contributed by atoms with Crippen molar-refractivity contribution < 1.29 is 19.1 Å². The van der Waals surface area contributed by atoms with E-state index in [0.717, 1.165) is 6.20 Å². The van der Waals surface area contributed by atoms with Gasteiger partial charge < -0.3 is 10.1 Å². The third-order valence-electron chi connectivity index (χ3n) is 2.35. The molecule has 5 nitrogen and oxygen atoms in total. The first kappa shape index (κ1) is 11.7. The lowest BCUT2D eigenvalue weighted by Gasteiger charge is -1.98. The van der Waals surface area contributed by atoms with E-state index in [1.54, 1.807) is 0 Å². The Bertz CT molecular complexity index is 651. The summed E-state index contributed by atoms with van der Waals surface area (Å²) in [6.07, 6.45) is 0.929. The predicted molar refractivity (Wildman–Crippen MR) is 60.5 cm³/mol. The van der Waals surface area contributed by atoms with Crippen molar-refractivity contribution in [3.63, 3.8) is 0 Å². The lowest BCUT2D eigenvalue weighted by Crippen LogP contribution is -2.13. The number of pyridine rings is 1. The molecule has 0 unspecified atom stereocenters. The molecule has 0 aliphatic rings. The summed E-state index contributed by atoms with van der Waals surface area (Å²) >= 11 is 3.10. The molecule has 0 amide bonds. The standard InChI is InChI=1S/C10H6BrFN2O3/c1-3-5(8(15)10(16)17)6-4(12)2-13-9(11)7(6)14-3/h2,14H,1H3,(H,16,17). The smallest absolute Gasteiger partial charge is 0.377 e. The first-order valence-electron chi connectivity index (χ1n) is 4.53. The van der Waals surface area contributed by atoms with E-state index in [0.29, 0.717) is 10.3 Å². The van der Waals surface area contributed by atoms with Crippen LogP contribution < -0.4 is 0 Å². The van der Waals surface area contributed by atoms with Gasteiger partial charge in [-0.3, -0.25) is 4.79 Å². The van der Waals surface area contributed by atoms with Crippen molar-refractivity contribution in [3.8, 4) is 0 Å². The predicted octanol–water partition coefficient (Wildman–Crippen LogP) is 2.04. The van der Waals surface area contributed by atoms with Gasteiger partial charge in [-0.15, -0.1) is 0 Å². The van der Waals surface area contributed by atoms with Gasteiger partial charge in [0.05, 0.1) is 22.7 Å². The quantitative estimate of drug-likeness (QED) is 0.505. The number of fused-ring (bicyclic) bond motifs is 1. The van der Waals surface area contributed by atoms with E-state index in [4.69, 9.17) is 5.11 Å². The fraction of sp³-hybridized carbons (Fsp3) is 0.100. The Hall–Kier alpha value is -1.76. The van der Waals surface area contributed by atoms with E-state index in [9.17, 15) is 14.0 Å². The Morgan fingerprint density at radius 2 is 2.18 bits per heavy atom. The number of Topliss-reactive ketones (excluding diaryl/α,β-unsaturated/α-hetero) is 1. The van der Waals surface area contributed by atoms with Crippen LogP contribution in [-0.2, 0) is 4.79 Å². The zero-order chi connectivity index (χ0) is 12.7. The van der Waals surface area contributed by atoms with Crippen LogP contribution in [0, 0.1) is 12.7 Å². The minimum atomic E-state index is -1.62. The molecule has 2 N–H and O–H groups in total. The van der Waals surface area contributed by atoms with Gasteiger partial charge in [-0.2, -0.15) is 0 Å². The molecule has 0 atom stereocenters. The van der Waals surface area contributed by atoms with Crippen LogP contribution in [0.5, 0.6) is 0 Å². The number of carboxylic acids is 1. The number of aliphatic carboxylic acids is 1. The van der Waals surface area contributed by atoms with Gasteiger partial charge >= 0.3 is 5.97 Å². The second-order valence-corrected chi connectivity index (χ2v) is 4.16. The van der Waals surface area contributed by atoms with Crippen LogP contribution >= 0.6 is 15.9 Å². The second-order valence-electron chi connectivity index (χ2n) is 3.41. The average molecular weight is 301 g/mol. The van der Waals surface area contributed by atoms with E-state index >= 15 is 0 Å². The van der Waals surface area contributed by atoms with Crippen LogP contribution in [0.1, 0.15) is 16.1 Å². The minimum absolute atomic E-state index is 0.0585. The molecular formula is C10H6BrFN2O3. The number of aryl methyl sites for hydroxylation is 1. The molecule has 0 spiro atoms. The Labute approximate surface area is 103 Å². The highest BCUT2D eigenvalue weighted by molar-refractivity contribution is 9.10. The number of hydrogen-bond acceptors (Lipinski definition) is 3. The molecule has 0 aromatic carbocycles. The van der Waals surface area contributed by atoms with Gasteiger partial charge in [-0.1, -0.05) is 0 Å². The summed E-state index contributed by atoms with van der Waals surface area (Å²) in [7, 11) is 0. The molecule has 2 aromatic heterocycles. The zero-order valence-corrected chi connectivity index (χ0v) is 10.1. The number of nitrogens with one attached hydrogen (secondary N) is 1. The van der Waals surface area contributed by atoms with Crippen LogP contribution in [0.4, 0.5) is 4.39 Å². The van der Waals surface area contributed by atoms with Crippen LogP contribution in [0.25, 0.3) is 10.9 Å². The second kappa shape index (κ2) is 3.92. The van der Waals surface area contributed by atoms with Crippen molar-refractivity contribution in [2.75, 3.05) is 0 Å². The molecule has 0 aliphatic carbocycles. The van der Waals surface area contributed by atoms with Crippen LogP contribution in [0.3, 0.4) is 0 Å². The topological polar surface area (TPSA) is 83.0 Å². The van der Waals surface area contributed by atoms with E-state index < -0.39 is 17.6 Å². The SMILES string of the molecule is Cc1[nH]c2c(Br)ncc(F)c2c1C(=O)C(=O)O. The maximum absolute atomic E-state index is 13.6. The van der Waals surface area contributed by atoms with E-state index in [1.165, 1.54) is 6.92 Å². The number of halogens is 2. The number of nitrogens with zero attached hydrogens (tertiary/aromatic N) is 1. The van der Waals surface area contributed by atoms with Crippen molar-refractivity contribution >= 4 is 38.6 Å². The number of H-pyrrole nitrogens is 1. The molecule has 17 heavy (non-hydrogen) atoms. The van der Waals surface area contributed by atoms with Crippen LogP contribution in [-0.4, -0.2) is 26.8 Å². The summed E-state index contributed by atoms with van der Waals surface area (Å²) in [6, 6.07) is 0. The number of carbonyl (C=O) groups is 2. The summed E-state index contributed by atoms with van der Waals surface area (Å²) in [5.74, 6) is -3.51. The lowest BCUT2D eigenvalue weighted by atomic mass is 10.1. The molecule has 0 aliphatic heterocycles. The largest absolute Gasteiger partial charge is 0.475 e. The van der Waals surface area contributed by atoms with Crippen molar-refractivity contribution in [2.45, 2.75) is 6.92 Å². The molecule has 0 radical (unpaired) electrons. The summed E-state index contributed by atoms with van der Waals surface area (Å²) < 4.78 is 13.9. The average Bonchev–Trinajstić information content (AvgIpc) is 2.61. The lowest BCUT2D eigenvalue weighted by molar-refractivity contribution is -0.131. The van der Waals surface area contributed by atoms with Gasteiger partial charge in [0.2, 0.25) is 0 Å². The Morgan fingerprint density at radius 3 is 2.76 bits per heavy atom. The monoisotopic (exact) mass is 300 g/mol. The normalized spacial score (nSPS) is 10.8. The molecule has 0 fully saturated rings. The van der Waals surface area contributed by atoms with Gasteiger partial charge in [0.25, 0.3) is 5.78 Å². The molecule has 0 bridgehead atoms. The van der Waals surface area contributed by atoms with E-state index in [2.05, 4.69) is 25.9 Å². The molecule has 0 saturated heterocycles. The Kier molecular flexibility index (Phi) is 2.70. The van der Waals surface area contributed by atoms with Crippen molar-refractivity contribution in [3.05, 3.63) is 27.9 Å². The fourth-order valence-electron chi connectivity index (χ4n) is 1.65. The van der Waals surface area contributed by atoms with Gasteiger partial charge in [0.1, 0.15) is 4.60 Å². The fourth-order valence-corrected chi connectivity index (χ4v) is 2.05. The van der Waals surface area contributed by atoms with E-state index in [1.807, 2.05) is 0 Å². The van der Waals surface area contributed by atoms with Gasteiger partial charge in [0.15, 0.2) is 5.82 Å². The molecule has 2 heterocycles. The molecule has 7 heteroatoms. The number of aromatic amines is 1. The van der Waals surface area contributed by atoms with Crippen molar-refractivity contribution in [1.82, 2.24) is 9.97 Å². The number of aromatic nitrogens is 2. The third-order valence-corrected chi connectivity index (χ3v) is 2.95. The van der Waals surface area contributed by atoms with Crippen LogP contribution in [0.2, 0.25) is 0 Å². The van der Waals surface area contributed by atoms with Crippen molar-refractivity contribution in [1.29, 1.82) is 0 Å². The highest BCUT2D eigenvalue weighted by Crippen LogP contribution is 2.29. The molecule has 2 aromatic rings. The summed E-state index contributed by atoms with van der Waals surface area (Å²) in [5.41, 5.74) is 0.389. The maximum atomic E-state index is 13.6. The van der Waals surface area contributed by atoms with E-state index in [-0.39, 0.29) is 16.5 Å². The van der Waals surface area contributed by atoms with Gasteiger partial charge in [0, 0.05) is 5.69 Å². The summed E-state index contributed by atoms with van der Waals surface area (Å²) in [6.45, 7) is 1.50. The molecule has 0 saturated carbocycles. The molecular weight excluding hydrogens is 295 g/mol. The minimum Gasteiger partial charge on any atom is -0.475 e. The van der Waals surface area contributed by atoms with Gasteiger partial charge in [-0.05, 0) is 22.9 Å². The Morgan fingerprint density at radius 1 is 1.53 bits per heavy atom. The third kappa shape index (κ3) is 1.72. The Balaban J connectivity index is 2.89. The highest BCUT2D eigenvalue weighted by atomic mass is 79.9. The first-order valence-corrected chi connectivity index (χ1v) is 5.32. The van der Waals surface area contributed by atoms with Crippen molar-refractivity contribution in [2.24, 2.45) is 0 Å². The number of carbonyl (C=O) groups excluding carboxylic acids is 1. The molecule has 2 rings (SSSR count). The summed E-state index contributed by atoms with van der Waals surface area (Å²) in [5, 5.41) is 8.63. The first-order chi connectivity index (χ1) is 7.93. The summed E-state index contributed by atoms with van der Waals surface area (Å²) in [4.78, 5) is 28.6. The number of hydrogen-bond donors (Lipinski definition) is 2. The number of rotatable bonds is 2. The van der Waals surface area contributed by atoms with Gasteiger partial charge in [-0.25, -0.2) is 14.2 Å². The highest BCUT2D eigenvalue weighted by Gasteiger charge is 2.25. The molecule has 88 valence electrons. The number of ketones is 1.